The summed E-state index contributed by atoms with van der Waals surface area (Å²) in [5, 5.41) is 10.0. The van der Waals surface area contributed by atoms with E-state index in [1.807, 2.05) is 6.07 Å². The Balaban J connectivity index is 2.34. The molecule has 0 fully saturated rings. The van der Waals surface area contributed by atoms with Crippen LogP contribution in [0.5, 0.6) is 11.5 Å². The topological polar surface area (TPSA) is 55.8 Å². The summed E-state index contributed by atoms with van der Waals surface area (Å²) in [5.41, 5.74) is 0.680. The van der Waals surface area contributed by atoms with Gasteiger partial charge in [-0.25, -0.2) is 4.79 Å². The number of carbonyl (C=O) groups is 1. The molecule has 4 nitrogen and oxygen atoms in total. The molecule has 0 bridgehead atoms. The molecule has 6 heteroatoms. The molecule has 1 N–H and O–H groups in total. The van der Waals surface area contributed by atoms with Crippen LogP contribution in [0, 0.1) is 0 Å². The van der Waals surface area contributed by atoms with E-state index in [1.54, 1.807) is 18.2 Å². The molecule has 2 rings (SSSR count). The monoisotopic (exact) mass is 326 g/mol. The minimum absolute atomic E-state index is 0.0635. The highest BCUT2D eigenvalue weighted by Gasteiger charge is 2.18. The van der Waals surface area contributed by atoms with Crippen LogP contribution in [-0.2, 0) is 6.61 Å². The number of benzene rings is 2. The molecular weight excluding hydrogens is 315 g/mol. The van der Waals surface area contributed by atoms with Crippen LogP contribution in [-0.4, -0.2) is 18.2 Å². The number of halogens is 2. The first-order valence-electron chi connectivity index (χ1n) is 6.00. The highest BCUT2D eigenvalue weighted by atomic mass is 35.5. The van der Waals surface area contributed by atoms with Crippen molar-refractivity contribution < 1.29 is 19.4 Å². The molecule has 0 aliphatic rings. The first kappa shape index (κ1) is 15.5. The fraction of sp³-hybridized carbons (Fsp3) is 0.133. The molecule has 0 saturated carbocycles. The zero-order valence-electron chi connectivity index (χ0n) is 11.1. The Morgan fingerprint density at radius 3 is 2.57 bits per heavy atom. The summed E-state index contributed by atoms with van der Waals surface area (Å²) in [7, 11) is 1.42. The van der Waals surface area contributed by atoms with Gasteiger partial charge in [-0.3, -0.25) is 0 Å². The van der Waals surface area contributed by atoms with Gasteiger partial charge in [0, 0.05) is 21.7 Å². The number of hydrogen-bond acceptors (Lipinski definition) is 3. The van der Waals surface area contributed by atoms with E-state index in [9.17, 15) is 9.90 Å². The molecule has 2 aromatic carbocycles. The van der Waals surface area contributed by atoms with Crippen LogP contribution in [0.1, 0.15) is 15.9 Å². The number of hydrogen-bond donors (Lipinski definition) is 1. The molecule has 21 heavy (non-hydrogen) atoms. The van der Waals surface area contributed by atoms with Gasteiger partial charge >= 0.3 is 5.97 Å². The van der Waals surface area contributed by atoms with Crippen molar-refractivity contribution in [3.8, 4) is 11.5 Å². The van der Waals surface area contributed by atoms with E-state index in [0.29, 0.717) is 5.02 Å². The van der Waals surface area contributed by atoms with Crippen molar-refractivity contribution in [1.82, 2.24) is 0 Å². The van der Waals surface area contributed by atoms with Crippen molar-refractivity contribution >= 4 is 29.2 Å². The van der Waals surface area contributed by atoms with E-state index in [2.05, 4.69) is 0 Å². The summed E-state index contributed by atoms with van der Waals surface area (Å²) < 4.78 is 10.7. The lowest BCUT2D eigenvalue weighted by atomic mass is 10.2. The van der Waals surface area contributed by atoms with Gasteiger partial charge in [-0.1, -0.05) is 41.4 Å². The summed E-state index contributed by atoms with van der Waals surface area (Å²) in [6.45, 7) is 0.123. The van der Waals surface area contributed by atoms with Crippen molar-refractivity contribution in [1.29, 1.82) is 0 Å². The Labute approximate surface area is 131 Å². The predicted molar refractivity (Wildman–Crippen MR) is 80.7 cm³/mol. The maximum Gasteiger partial charge on any atom is 0.339 e. The molecule has 0 amide bonds. The van der Waals surface area contributed by atoms with Crippen LogP contribution >= 0.6 is 23.2 Å². The second-order valence-corrected chi connectivity index (χ2v) is 5.01. The molecule has 0 spiro atoms. The average Bonchev–Trinajstić information content (AvgIpc) is 2.46. The predicted octanol–water partition coefficient (Wildman–Crippen LogP) is 4.28. The molecule has 0 saturated heterocycles. The van der Waals surface area contributed by atoms with Crippen molar-refractivity contribution in [2.75, 3.05) is 7.11 Å². The second kappa shape index (κ2) is 6.70. The van der Waals surface area contributed by atoms with Crippen LogP contribution < -0.4 is 9.47 Å². The van der Waals surface area contributed by atoms with Gasteiger partial charge in [-0.05, 0) is 12.1 Å². The number of carboxylic acids is 1. The largest absolute Gasteiger partial charge is 0.493 e. The smallest absolute Gasteiger partial charge is 0.339 e. The van der Waals surface area contributed by atoms with Crippen LogP contribution in [0.15, 0.2) is 36.4 Å². The van der Waals surface area contributed by atoms with E-state index < -0.39 is 5.97 Å². The molecule has 0 unspecified atom stereocenters. The van der Waals surface area contributed by atoms with E-state index >= 15 is 0 Å². The van der Waals surface area contributed by atoms with Gasteiger partial charge < -0.3 is 14.6 Å². The van der Waals surface area contributed by atoms with Crippen LogP contribution in [0.3, 0.4) is 0 Å². The number of ether oxygens (including phenoxy) is 2. The zero-order chi connectivity index (χ0) is 15.4. The lowest BCUT2D eigenvalue weighted by Gasteiger charge is -2.14. The second-order valence-electron chi connectivity index (χ2n) is 4.17. The number of methoxy groups -OCH3 is 1. The average molecular weight is 327 g/mol. The van der Waals surface area contributed by atoms with Gasteiger partial charge in [-0.15, -0.1) is 0 Å². The van der Waals surface area contributed by atoms with Crippen molar-refractivity contribution in [3.05, 3.63) is 57.6 Å². The molecule has 0 atom stereocenters. The van der Waals surface area contributed by atoms with Crippen molar-refractivity contribution in [2.24, 2.45) is 0 Å². The fourth-order valence-corrected chi connectivity index (χ4v) is 2.19. The Bertz CT molecular complexity index is 671. The first-order valence-corrected chi connectivity index (χ1v) is 6.75. The first-order chi connectivity index (χ1) is 10.0. The SMILES string of the molecule is COc1cc(Cl)cc(C(=O)O)c1OCc1ccccc1Cl. The Kier molecular flexibility index (Phi) is 4.94. The third-order valence-electron chi connectivity index (χ3n) is 2.80. The number of aromatic carboxylic acids is 1. The molecule has 110 valence electrons. The normalized spacial score (nSPS) is 10.2. The lowest BCUT2D eigenvalue weighted by Crippen LogP contribution is -2.05. The summed E-state index contributed by atoms with van der Waals surface area (Å²) in [5.74, 6) is -0.772. The zero-order valence-corrected chi connectivity index (χ0v) is 12.6. The van der Waals surface area contributed by atoms with Crippen molar-refractivity contribution in [2.45, 2.75) is 6.61 Å². The third-order valence-corrected chi connectivity index (χ3v) is 3.39. The van der Waals surface area contributed by atoms with E-state index in [-0.39, 0.29) is 28.7 Å². The van der Waals surface area contributed by atoms with Crippen LogP contribution in [0.25, 0.3) is 0 Å². The summed E-state index contributed by atoms with van der Waals surface area (Å²) in [4.78, 5) is 11.3. The molecule has 0 aromatic heterocycles. The Morgan fingerprint density at radius 2 is 1.95 bits per heavy atom. The van der Waals surface area contributed by atoms with Gasteiger partial charge in [0.25, 0.3) is 0 Å². The standard InChI is InChI=1S/C15H12Cl2O4/c1-20-13-7-10(16)6-11(15(18)19)14(13)21-8-9-4-2-3-5-12(9)17/h2-7H,8H2,1H3,(H,18,19). The summed E-state index contributed by atoms with van der Waals surface area (Å²) in [6, 6.07) is 9.96. The highest BCUT2D eigenvalue weighted by Crippen LogP contribution is 2.35. The van der Waals surface area contributed by atoms with Gasteiger partial charge in [0.15, 0.2) is 11.5 Å². The molecule has 0 aliphatic carbocycles. The van der Waals surface area contributed by atoms with E-state index in [0.717, 1.165) is 5.56 Å². The minimum Gasteiger partial charge on any atom is -0.493 e. The molecule has 0 aliphatic heterocycles. The molecule has 0 heterocycles. The molecule has 2 aromatic rings. The molecule has 0 radical (unpaired) electrons. The maximum absolute atomic E-state index is 11.3. The minimum atomic E-state index is -1.15. The van der Waals surface area contributed by atoms with Crippen LogP contribution in [0.2, 0.25) is 10.0 Å². The lowest BCUT2D eigenvalue weighted by molar-refractivity contribution is 0.0691. The summed E-state index contributed by atoms with van der Waals surface area (Å²) in [6.07, 6.45) is 0. The highest BCUT2D eigenvalue weighted by molar-refractivity contribution is 6.31. The van der Waals surface area contributed by atoms with Crippen LogP contribution in [0.4, 0.5) is 0 Å². The number of carboxylic acid groups (broad SMARTS) is 1. The Morgan fingerprint density at radius 1 is 1.24 bits per heavy atom. The fourth-order valence-electron chi connectivity index (χ4n) is 1.79. The summed E-state index contributed by atoms with van der Waals surface area (Å²) >= 11 is 11.9. The van der Waals surface area contributed by atoms with E-state index in [4.69, 9.17) is 32.7 Å². The third kappa shape index (κ3) is 3.60. The van der Waals surface area contributed by atoms with Gasteiger partial charge in [0.1, 0.15) is 12.2 Å². The number of rotatable bonds is 5. The van der Waals surface area contributed by atoms with Gasteiger partial charge in [0.05, 0.1) is 7.11 Å². The quantitative estimate of drug-likeness (QED) is 0.890. The molecular formula is C15H12Cl2O4. The Hall–Kier alpha value is -1.91. The van der Waals surface area contributed by atoms with Gasteiger partial charge in [-0.2, -0.15) is 0 Å². The van der Waals surface area contributed by atoms with Crippen molar-refractivity contribution in [3.63, 3.8) is 0 Å². The maximum atomic E-state index is 11.3. The van der Waals surface area contributed by atoms with Gasteiger partial charge in [0.2, 0.25) is 0 Å². The van der Waals surface area contributed by atoms with E-state index in [1.165, 1.54) is 19.2 Å².